The van der Waals surface area contributed by atoms with Crippen molar-refractivity contribution in [3.8, 4) is 23.0 Å². The van der Waals surface area contributed by atoms with Gasteiger partial charge in [0.1, 0.15) is 12.1 Å². The number of urea groups is 1. The number of ether oxygens (including phenoxy) is 1. The van der Waals surface area contributed by atoms with Crippen LogP contribution in [0.1, 0.15) is 18.1 Å². The van der Waals surface area contributed by atoms with Gasteiger partial charge < -0.3 is 20.7 Å². The van der Waals surface area contributed by atoms with Crippen molar-refractivity contribution in [1.82, 2.24) is 19.9 Å². The molecule has 4 rings (SSSR count). The van der Waals surface area contributed by atoms with Crippen LogP contribution < -0.4 is 20.7 Å². The van der Waals surface area contributed by atoms with E-state index in [0.717, 1.165) is 23.2 Å². The van der Waals surface area contributed by atoms with Crippen LogP contribution in [0, 0.1) is 6.92 Å². The Morgan fingerprint density at radius 2 is 1.79 bits per heavy atom. The normalized spacial score (nSPS) is 10.4. The van der Waals surface area contributed by atoms with Gasteiger partial charge in [0.05, 0.1) is 5.56 Å². The summed E-state index contributed by atoms with van der Waals surface area (Å²) in [5, 5.41) is 8.61. The number of aryl methyl sites for hydroxylation is 2. The van der Waals surface area contributed by atoms with Crippen molar-refractivity contribution in [3.63, 3.8) is 0 Å². The van der Waals surface area contributed by atoms with Crippen LogP contribution in [0.4, 0.5) is 22.1 Å². The molecule has 3 N–H and O–H groups in total. The Hall–Kier alpha value is -4.53. The van der Waals surface area contributed by atoms with Crippen molar-refractivity contribution in [2.24, 2.45) is 0 Å². The van der Waals surface area contributed by atoms with Crippen LogP contribution in [0.5, 0.6) is 11.6 Å². The topological polar surface area (TPSA) is 114 Å². The molecule has 2 heterocycles. The van der Waals surface area contributed by atoms with Gasteiger partial charge in [0, 0.05) is 24.6 Å². The van der Waals surface area contributed by atoms with E-state index >= 15 is 0 Å². The molecular formula is C25H25N7O2. The molecular weight excluding hydrogens is 430 g/mol. The Balaban J connectivity index is 1.48. The Morgan fingerprint density at radius 1 is 0.971 bits per heavy atom. The maximum atomic E-state index is 12.4. The number of carbonyl (C=O) groups is 1. The van der Waals surface area contributed by atoms with Gasteiger partial charge in [-0.05, 0) is 66.9 Å². The van der Waals surface area contributed by atoms with E-state index in [1.54, 1.807) is 31.4 Å². The van der Waals surface area contributed by atoms with Gasteiger partial charge in [-0.25, -0.2) is 19.7 Å². The number of pyridine rings is 1. The number of hydrogen-bond acceptors (Lipinski definition) is 7. The fourth-order valence-corrected chi connectivity index (χ4v) is 3.30. The highest BCUT2D eigenvalue weighted by atomic mass is 16.5. The second kappa shape index (κ2) is 10.4. The Morgan fingerprint density at radius 3 is 2.56 bits per heavy atom. The molecule has 9 nitrogen and oxygen atoms in total. The summed E-state index contributed by atoms with van der Waals surface area (Å²) in [5.41, 5.74) is 4.01. The number of rotatable bonds is 7. The summed E-state index contributed by atoms with van der Waals surface area (Å²) in [5.74, 6) is 1.87. The van der Waals surface area contributed by atoms with E-state index in [-0.39, 0.29) is 6.03 Å². The van der Waals surface area contributed by atoms with E-state index in [0.29, 0.717) is 34.7 Å². The number of anilines is 3. The van der Waals surface area contributed by atoms with Gasteiger partial charge in [-0.3, -0.25) is 0 Å². The maximum absolute atomic E-state index is 12.4. The minimum atomic E-state index is -0.316. The molecule has 0 saturated heterocycles. The lowest BCUT2D eigenvalue weighted by molar-refractivity contribution is 0.262. The standard InChI is InChI=1S/C25H25N7O2/c1-4-17-7-5-8-18(14-17)30-25(33)31-19-10-11-21(16(2)13-19)34-23-20(9-6-12-27-23)22-28-15-29-24(26-3)32-22/h5-15H,4H2,1-3H3,(H2,30,31,33)(H,26,28,29,32). The van der Waals surface area contributed by atoms with Crippen LogP contribution in [0.2, 0.25) is 0 Å². The van der Waals surface area contributed by atoms with Gasteiger partial charge in [-0.1, -0.05) is 19.1 Å². The van der Waals surface area contributed by atoms with Crippen LogP contribution in [0.15, 0.2) is 67.1 Å². The first kappa shape index (κ1) is 22.7. The quantitative estimate of drug-likeness (QED) is 0.347. The Labute approximate surface area is 197 Å². The summed E-state index contributed by atoms with van der Waals surface area (Å²) in [4.78, 5) is 29.4. The summed E-state index contributed by atoms with van der Waals surface area (Å²) in [6, 6.07) is 16.5. The molecule has 0 spiro atoms. The second-order valence-electron chi connectivity index (χ2n) is 7.45. The third-order valence-electron chi connectivity index (χ3n) is 5.04. The zero-order chi connectivity index (χ0) is 23.9. The smallest absolute Gasteiger partial charge is 0.323 e. The third kappa shape index (κ3) is 5.44. The fourth-order valence-electron chi connectivity index (χ4n) is 3.30. The van der Waals surface area contributed by atoms with Gasteiger partial charge in [0.25, 0.3) is 0 Å². The number of carbonyl (C=O) groups excluding carboxylic acids is 1. The lowest BCUT2D eigenvalue weighted by Crippen LogP contribution is -2.19. The summed E-state index contributed by atoms with van der Waals surface area (Å²) in [7, 11) is 1.74. The molecule has 2 amide bonds. The molecule has 0 aliphatic heterocycles. The van der Waals surface area contributed by atoms with Crippen LogP contribution in [-0.4, -0.2) is 33.0 Å². The first-order valence-corrected chi connectivity index (χ1v) is 10.8. The molecule has 0 saturated carbocycles. The first-order valence-electron chi connectivity index (χ1n) is 10.8. The summed E-state index contributed by atoms with van der Waals surface area (Å²) in [6.07, 6.45) is 3.97. The van der Waals surface area contributed by atoms with Gasteiger partial charge in [-0.2, -0.15) is 4.98 Å². The highest BCUT2D eigenvalue weighted by Crippen LogP contribution is 2.32. The minimum Gasteiger partial charge on any atom is -0.438 e. The zero-order valence-corrected chi connectivity index (χ0v) is 19.2. The number of amides is 2. The molecule has 34 heavy (non-hydrogen) atoms. The van der Waals surface area contributed by atoms with Crippen molar-refractivity contribution < 1.29 is 9.53 Å². The number of nitrogens with one attached hydrogen (secondary N) is 3. The lowest BCUT2D eigenvalue weighted by Gasteiger charge is -2.13. The minimum absolute atomic E-state index is 0.316. The molecule has 2 aromatic carbocycles. The predicted octanol–water partition coefficient (Wildman–Crippen LogP) is 5.28. The highest BCUT2D eigenvalue weighted by Gasteiger charge is 2.14. The molecule has 0 unspecified atom stereocenters. The van der Waals surface area contributed by atoms with E-state index in [4.69, 9.17) is 4.74 Å². The summed E-state index contributed by atoms with van der Waals surface area (Å²) >= 11 is 0. The van der Waals surface area contributed by atoms with Crippen molar-refractivity contribution in [2.45, 2.75) is 20.3 Å². The summed E-state index contributed by atoms with van der Waals surface area (Å²) in [6.45, 7) is 3.97. The van der Waals surface area contributed by atoms with Crippen LogP contribution in [-0.2, 0) is 6.42 Å². The molecule has 2 aromatic heterocycles. The van der Waals surface area contributed by atoms with E-state index < -0.39 is 0 Å². The molecule has 9 heteroatoms. The third-order valence-corrected chi connectivity index (χ3v) is 5.04. The van der Waals surface area contributed by atoms with E-state index in [2.05, 4.69) is 42.8 Å². The van der Waals surface area contributed by atoms with Crippen molar-refractivity contribution >= 4 is 23.4 Å². The van der Waals surface area contributed by atoms with E-state index in [1.165, 1.54) is 6.33 Å². The van der Waals surface area contributed by atoms with Gasteiger partial charge in [0.15, 0.2) is 5.82 Å². The molecule has 0 radical (unpaired) electrons. The second-order valence-corrected chi connectivity index (χ2v) is 7.45. The maximum Gasteiger partial charge on any atom is 0.323 e. The monoisotopic (exact) mass is 455 g/mol. The fraction of sp³-hybridized carbons (Fsp3) is 0.160. The average molecular weight is 456 g/mol. The number of aromatic nitrogens is 4. The average Bonchev–Trinajstić information content (AvgIpc) is 2.86. The molecule has 0 atom stereocenters. The van der Waals surface area contributed by atoms with Crippen molar-refractivity contribution in [3.05, 3.63) is 78.2 Å². The Kier molecular flexibility index (Phi) is 6.92. The van der Waals surface area contributed by atoms with Crippen LogP contribution >= 0.6 is 0 Å². The molecule has 0 fully saturated rings. The molecule has 0 aliphatic rings. The van der Waals surface area contributed by atoms with Crippen molar-refractivity contribution in [1.29, 1.82) is 0 Å². The SMILES string of the molecule is CCc1cccc(NC(=O)Nc2ccc(Oc3ncccc3-c3ncnc(NC)n3)c(C)c2)c1. The van der Waals surface area contributed by atoms with E-state index in [1.807, 2.05) is 43.3 Å². The Bertz CT molecular complexity index is 1310. The molecule has 0 aliphatic carbocycles. The van der Waals surface area contributed by atoms with Gasteiger partial charge in [0.2, 0.25) is 11.8 Å². The number of nitrogens with zero attached hydrogens (tertiary/aromatic N) is 4. The number of hydrogen-bond donors (Lipinski definition) is 3. The number of benzene rings is 2. The first-order chi connectivity index (χ1) is 16.6. The molecule has 0 bridgehead atoms. The van der Waals surface area contributed by atoms with Crippen LogP contribution in [0.25, 0.3) is 11.4 Å². The highest BCUT2D eigenvalue weighted by molar-refractivity contribution is 5.99. The van der Waals surface area contributed by atoms with E-state index in [9.17, 15) is 4.79 Å². The largest absolute Gasteiger partial charge is 0.438 e. The van der Waals surface area contributed by atoms with Gasteiger partial charge >= 0.3 is 6.03 Å². The predicted molar refractivity (Wildman–Crippen MR) is 132 cm³/mol. The van der Waals surface area contributed by atoms with Crippen molar-refractivity contribution in [2.75, 3.05) is 23.0 Å². The zero-order valence-electron chi connectivity index (χ0n) is 19.2. The summed E-state index contributed by atoms with van der Waals surface area (Å²) < 4.78 is 6.09. The lowest BCUT2D eigenvalue weighted by atomic mass is 10.1. The molecule has 4 aromatic rings. The van der Waals surface area contributed by atoms with Gasteiger partial charge in [-0.15, -0.1) is 0 Å². The molecule has 172 valence electrons. The van der Waals surface area contributed by atoms with Crippen LogP contribution in [0.3, 0.4) is 0 Å².